The van der Waals surface area contributed by atoms with Crippen LogP contribution in [-0.2, 0) is 11.2 Å². The number of halogens is 1. The smallest absolute Gasteiger partial charge is 0.322 e. The highest BCUT2D eigenvalue weighted by Gasteiger charge is 2.29. The predicted molar refractivity (Wildman–Crippen MR) is 87.0 cm³/mol. The highest BCUT2D eigenvalue weighted by Crippen LogP contribution is 2.31. The van der Waals surface area contributed by atoms with Crippen molar-refractivity contribution < 1.29 is 19.1 Å². The number of hydroxylamine groups is 1. The van der Waals surface area contributed by atoms with E-state index in [4.69, 9.17) is 10.5 Å². The van der Waals surface area contributed by atoms with Crippen LogP contribution >= 0.6 is 0 Å². The van der Waals surface area contributed by atoms with Crippen LogP contribution < -0.4 is 15.5 Å². The summed E-state index contributed by atoms with van der Waals surface area (Å²) in [6.07, 6.45) is 1.83. The number of hydrogen-bond acceptors (Lipinski definition) is 6. The maximum Gasteiger partial charge on any atom is 0.322 e. The Morgan fingerprint density at radius 1 is 1.28 bits per heavy atom. The topological polar surface area (TPSA) is 102 Å². The third-order valence-electron chi connectivity index (χ3n) is 3.98. The Kier molecular flexibility index (Phi) is 3.56. The van der Waals surface area contributed by atoms with Crippen LogP contribution in [0.1, 0.15) is 5.56 Å². The van der Waals surface area contributed by atoms with Crippen molar-refractivity contribution in [1.82, 2.24) is 9.97 Å². The van der Waals surface area contributed by atoms with E-state index in [-0.39, 0.29) is 12.4 Å². The number of rotatable bonds is 2. The second-order valence-corrected chi connectivity index (χ2v) is 5.71. The van der Waals surface area contributed by atoms with Gasteiger partial charge in [-0.25, -0.2) is 9.37 Å². The summed E-state index contributed by atoms with van der Waals surface area (Å²) in [5, 5.41) is 11.1. The third kappa shape index (κ3) is 2.77. The molecule has 2 heterocycles. The zero-order valence-corrected chi connectivity index (χ0v) is 12.9. The van der Waals surface area contributed by atoms with Crippen LogP contribution in [0.15, 0.2) is 42.6 Å². The summed E-state index contributed by atoms with van der Waals surface area (Å²) in [6, 6.07) is 8.25. The molecule has 0 saturated carbocycles. The fraction of sp³-hybridized carbons (Fsp3) is 0.118. The van der Waals surface area contributed by atoms with E-state index in [0.717, 1.165) is 0 Å². The monoisotopic (exact) mass is 340 g/mol. The summed E-state index contributed by atoms with van der Waals surface area (Å²) in [6.45, 7) is 0. The van der Waals surface area contributed by atoms with Crippen LogP contribution in [0.2, 0.25) is 0 Å². The van der Waals surface area contributed by atoms with Gasteiger partial charge in [0.05, 0.1) is 17.2 Å². The lowest BCUT2D eigenvalue weighted by atomic mass is 9.99. The van der Waals surface area contributed by atoms with E-state index in [1.165, 1.54) is 12.1 Å². The number of carbonyl (C=O) groups excluding carboxylic acids is 1. The summed E-state index contributed by atoms with van der Waals surface area (Å²) in [5.41, 5.74) is 7.17. The molecule has 0 spiro atoms. The number of hydrogen-bond donors (Lipinski definition) is 2. The minimum atomic E-state index is -0.812. The van der Waals surface area contributed by atoms with Crippen molar-refractivity contribution in [2.24, 2.45) is 5.73 Å². The average Bonchev–Trinajstić information content (AvgIpc) is 2.59. The first-order valence-corrected chi connectivity index (χ1v) is 7.53. The molecule has 3 N–H and O–H groups in total. The van der Waals surface area contributed by atoms with Gasteiger partial charge in [0, 0.05) is 17.6 Å². The number of carbonyl (C=O) groups is 1. The first-order chi connectivity index (χ1) is 12.0. The normalized spacial score (nSPS) is 16.8. The number of aromatic nitrogens is 2. The molecule has 4 rings (SSSR count). The van der Waals surface area contributed by atoms with Crippen molar-refractivity contribution in [2.45, 2.75) is 12.5 Å². The van der Waals surface area contributed by atoms with Gasteiger partial charge < -0.3 is 10.5 Å². The Morgan fingerprint density at radius 2 is 2.12 bits per heavy atom. The second-order valence-electron chi connectivity index (χ2n) is 5.71. The number of benzene rings is 2. The SMILES string of the molecule is NC1Cc2cc(Oc3ncc4ccc(F)cc4n3)ccc2N(O)C1=O. The fourth-order valence-corrected chi connectivity index (χ4v) is 2.73. The van der Waals surface area contributed by atoms with Gasteiger partial charge in [0.25, 0.3) is 5.91 Å². The lowest BCUT2D eigenvalue weighted by molar-refractivity contribution is -0.125. The molecule has 0 bridgehead atoms. The molecule has 0 aliphatic carbocycles. The summed E-state index contributed by atoms with van der Waals surface area (Å²) < 4.78 is 18.9. The van der Waals surface area contributed by atoms with Crippen LogP contribution in [0.5, 0.6) is 11.8 Å². The highest BCUT2D eigenvalue weighted by molar-refractivity contribution is 5.98. The molecule has 0 fully saturated rings. The van der Waals surface area contributed by atoms with Gasteiger partial charge in [0.1, 0.15) is 11.6 Å². The molecular weight excluding hydrogens is 327 g/mol. The Bertz CT molecular complexity index is 995. The molecule has 0 saturated heterocycles. The Morgan fingerprint density at radius 3 is 2.96 bits per heavy atom. The van der Waals surface area contributed by atoms with Crippen molar-refractivity contribution in [2.75, 3.05) is 5.06 Å². The Labute approximate surface area is 141 Å². The van der Waals surface area contributed by atoms with Crippen LogP contribution in [-0.4, -0.2) is 27.1 Å². The molecule has 0 radical (unpaired) electrons. The van der Waals surface area contributed by atoms with Crippen LogP contribution in [0.4, 0.5) is 10.1 Å². The van der Waals surface area contributed by atoms with Crippen molar-refractivity contribution in [3.8, 4) is 11.8 Å². The maximum absolute atomic E-state index is 13.3. The summed E-state index contributed by atoms with van der Waals surface area (Å²) in [4.78, 5) is 19.9. The number of fused-ring (bicyclic) bond motifs is 2. The van der Waals surface area contributed by atoms with Crippen molar-refractivity contribution in [3.63, 3.8) is 0 Å². The van der Waals surface area contributed by atoms with E-state index in [1.807, 2.05) is 0 Å². The molecule has 2 aromatic carbocycles. The number of amides is 1. The van der Waals surface area contributed by atoms with E-state index in [0.29, 0.717) is 33.0 Å². The fourth-order valence-electron chi connectivity index (χ4n) is 2.73. The lowest BCUT2D eigenvalue weighted by Crippen LogP contribution is -2.47. The van der Waals surface area contributed by atoms with Gasteiger partial charge in [-0.05, 0) is 42.3 Å². The zero-order chi connectivity index (χ0) is 17.6. The molecule has 1 amide bonds. The minimum Gasteiger partial charge on any atom is -0.424 e. The Balaban J connectivity index is 1.65. The summed E-state index contributed by atoms with van der Waals surface area (Å²) in [7, 11) is 0. The van der Waals surface area contributed by atoms with Crippen molar-refractivity contribution in [3.05, 3.63) is 54.0 Å². The largest absolute Gasteiger partial charge is 0.424 e. The number of nitrogens with zero attached hydrogens (tertiary/aromatic N) is 3. The van der Waals surface area contributed by atoms with Crippen LogP contribution in [0.3, 0.4) is 0 Å². The van der Waals surface area contributed by atoms with Crippen LogP contribution in [0.25, 0.3) is 10.9 Å². The lowest BCUT2D eigenvalue weighted by Gasteiger charge is -2.27. The van der Waals surface area contributed by atoms with Gasteiger partial charge in [0.2, 0.25) is 0 Å². The van der Waals surface area contributed by atoms with E-state index in [2.05, 4.69) is 9.97 Å². The van der Waals surface area contributed by atoms with E-state index in [9.17, 15) is 14.4 Å². The molecule has 1 aromatic heterocycles. The van der Waals surface area contributed by atoms with Gasteiger partial charge in [0.15, 0.2) is 0 Å². The average molecular weight is 340 g/mol. The number of nitrogens with two attached hydrogens (primary N) is 1. The molecule has 3 aromatic rings. The van der Waals surface area contributed by atoms with Gasteiger partial charge in [-0.1, -0.05) is 0 Å². The highest BCUT2D eigenvalue weighted by atomic mass is 19.1. The molecule has 1 aliphatic rings. The first-order valence-electron chi connectivity index (χ1n) is 7.53. The first kappa shape index (κ1) is 15.4. The molecule has 8 heteroatoms. The minimum absolute atomic E-state index is 0.0649. The molecule has 1 unspecified atom stereocenters. The zero-order valence-electron chi connectivity index (χ0n) is 12.9. The molecular formula is C17H13FN4O3. The number of anilines is 1. The standard InChI is InChI=1S/C17H13FN4O3/c18-11-2-1-9-8-20-17(21-14(9)7-11)25-12-3-4-15-10(5-12)6-13(19)16(23)22(15)24/h1-5,7-8,13,24H,6,19H2. The van der Waals surface area contributed by atoms with Gasteiger partial charge in [-0.15, -0.1) is 0 Å². The van der Waals surface area contributed by atoms with Gasteiger partial charge in [-0.3, -0.25) is 10.0 Å². The maximum atomic E-state index is 13.3. The Hall–Kier alpha value is -3.10. The van der Waals surface area contributed by atoms with E-state index < -0.39 is 17.8 Å². The summed E-state index contributed by atoms with van der Waals surface area (Å²) >= 11 is 0. The molecule has 7 nitrogen and oxygen atoms in total. The molecule has 1 aliphatic heterocycles. The second kappa shape index (κ2) is 5.76. The quantitative estimate of drug-likeness (QED) is 0.693. The number of ether oxygens (including phenoxy) is 1. The molecule has 1 atom stereocenters. The molecule has 126 valence electrons. The third-order valence-corrected chi connectivity index (χ3v) is 3.98. The summed E-state index contributed by atoms with van der Waals surface area (Å²) in [5.74, 6) is -0.530. The molecule has 25 heavy (non-hydrogen) atoms. The van der Waals surface area contributed by atoms with Crippen molar-refractivity contribution >= 4 is 22.5 Å². The van der Waals surface area contributed by atoms with E-state index in [1.54, 1.807) is 30.5 Å². The van der Waals surface area contributed by atoms with Gasteiger partial charge in [-0.2, -0.15) is 10.0 Å². The van der Waals surface area contributed by atoms with E-state index >= 15 is 0 Å². The van der Waals surface area contributed by atoms with Crippen LogP contribution in [0, 0.1) is 5.82 Å². The van der Waals surface area contributed by atoms with Crippen molar-refractivity contribution in [1.29, 1.82) is 0 Å². The van der Waals surface area contributed by atoms with Gasteiger partial charge >= 0.3 is 6.01 Å². The predicted octanol–water partition coefficient (Wildman–Crippen LogP) is 2.17.